The van der Waals surface area contributed by atoms with E-state index in [-0.39, 0.29) is 16.7 Å². The second kappa shape index (κ2) is 8.76. The zero-order valence-corrected chi connectivity index (χ0v) is 16.9. The first kappa shape index (κ1) is 21.0. The molecule has 0 spiro atoms. The van der Waals surface area contributed by atoms with Crippen molar-refractivity contribution in [3.05, 3.63) is 65.2 Å². The van der Waals surface area contributed by atoms with Crippen LogP contribution in [-0.2, 0) is 27.7 Å². The average Bonchev–Trinajstić information content (AvgIpc) is 3.16. The second-order valence-corrected chi connectivity index (χ2v) is 9.50. The fourth-order valence-corrected chi connectivity index (χ4v) is 5.12. The molecular formula is C22H24N2O4S. The number of rotatable bonds is 8. The predicted molar refractivity (Wildman–Crippen MR) is 109 cm³/mol. The summed E-state index contributed by atoms with van der Waals surface area (Å²) >= 11 is 0. The van der Waals surface area contributed by atoms with E-state index in [1.165, 1.54) is 24.3 Å². The normalized spacial score (nSPS) is 15.7. The minimum atomic E-state index is -3.65. The summed E-state index contributed by atoms with van der Waals surface area (Å²) in [5.74, 6) is -0.859. The zero-order valence-electron chi connectivity index (χ0n) is 16.1. The lowest BCUT2D eigenvalue weighted by atomic mass is 9.80. The molecule has 0 radical (unpaired) electrons. The molecule has 0 heterocycles. The van der Waals surface area contributed by atoms with Gasteiger partial charge in [-0.1, -0.05) is 37.1 Å². The molecule has 0 atom stereocenters. The van der Waals surface area contributed by atoms with E-state index in [2.05, 4.69) is 4.72 Å². The van der Waals surface area contributed by atoms with Gasteiger partial charge in [0.25, 0.3) is 0 Å². The molecule has 29 heavy (non-hydrogen) atoms. The van der Waals surface area contributed by atoms with Gasteiger partial charge in [0.1, 0.15) is 0 Å². The van der Waals surface area contributed by atoms with E-state index >= 15 is 0 Å². The molecule has 0 aliphatic heterocycles. The van der Waals surface area contributed by atoms with E-state index in [1.807, 2.05) is 30.3 Å². The molecule has 0 amide bonds. The summed E-state index contributed by atoms with van der Waals surface area (Å²) in [6.45, 7) is 0.353. The van der Waals surface area contributed by atoms with E-state index in [1.54, 1.807) is 0 Å². The molecule has 152 valence electrons. The van der Waals surface area contributed by atoms with Gasteiger partial charge in [0.2, 0.25) is 10.0 Å². The van der Waals surface area contributed by atoms with Gasteiger partial charge in [0.05, 0.1) is 22.9 Å². The van der Waals surface area contributed by atoms with Crippen LogP contribution >= 0.6 is 0 Å². The summed E-state index contributed by atoms with van der Waals surface area (Å²) in [4.78, 5) is 11.0. The first-order valence-corrected chi connectivity index (χ1v) is 11.1. The predicted octanol–water partition coefficient (Wildman–Crippen LogP) is 3.27. The molecule has 0 bridgehead atoms. The largest absolute Gasteiger partial charge is 0.481 e. The van der Waals surface area contributed by atoms with Crippen LogP contribution in [0.5, 0.6) is 0 Å². The third-order valence-corrected chi connectivity index (χ3v) is 6.97. The second-order valence-electron chi connectivity index (χ2n) is 7.73. The Morgan fingerprint density at radius 1 is 1.03 bits per heavy atom. The third-order valence-electron chi connectivity index (χ3n) is 5.55. The SMILES string of the molecule is N#Cc1ccc(S(=O)(=O)NCC2(Cc3ccc(CC(=O)O)cc3)CCCC2)cc1. The zero-order chi connectivity index (χ0) is 20.9. The minimum Gasteiger partial charge on any atom is -0.481 e. The number of nitrogens with zero attached hydrogens (tertiary/aromatic N) is 1. The van der Waals surface area contributed by atoms with E-state index in [4.69, 9.17) is 10.4 Å². The van der Waals surface area contributed by atoms with Crippen LogP contribution in [0.3, 0.4) is 0 Å². The van der Waals surface area contributed by atoms with E-state index in [0.29, 0.717) is 12.1 Å². The van der Waals surface area contributed by atoms with E-state index in [9.17, 15) is 13.2 Å². The quantitative estimate of drug-likeness (QED) is 0.692. The maximum absolute atomic E-state index is 12.7. The van der Waals surface area contributed by atoms with Gasteiger partial charge in [0.15, 0.2) is 0 Å². The Hall–Kier alpha value is -2.69. The first-order chi connectivity index (χ1) is 13.8. The molecule has 0 unspecified atom stereocenters. The average molecular weight is 413 g/mol. The number of carboxylic acids is 1. The Bertz CT molecular complexity index is 1000. The van der Waals surface area contributed by atoms with Crippen molar-refractivity contribution in [1.29, 1.82) is 5.26 Å². The summed E-state index contributed by atoms with van der Waals surface area (Å²) in [5, 5.41) is 17.8. The highest BCUT2D eigenvalue weighted by atomic mass is 32.2. The van der Waals surface area contributed by atoms with Crippen LogP contribution < -0.4 is 4.72 Å². The van der Waals surface area contributed by atoms with Gasteiger partial charge in [0, 0.05) is 6.54 Å². The van der Waals surface area contributed by atoms with Gasteiger partial charge < -0.3 is 5.11 Å². The van der Waals surface area contributed by atoms with Crippen molar-refractivity contribution in [3.63, 3.8) is 0 Å². The Balaban J connectivity index is 1.70. The highest BCUT2D eigenvalue weighted by Gasteiger charge is 2.35. The summed E-state index contributed by atoms with van der Waals surface area (Å²) in [6.07, 6.45) is 4.76. The van der Waals surface area contributed by atoms with E-state index in [0.717, 1.165) is 43.2 Å². The lowest BCUT2D eigenvalue weighted by Gasteiger charge is -2.29. The molecule has 2 aromatic rings. The number of carbonyl (C=O) groups is 1. The van der Waals surface area contributed by atoms with Gasteiger partial charge in [-0.2, -0.15) is 5.26 Å². The summed E-state index contributed by atoms with van der Waals surface area (Å²) in [6, 6.07) is 15.4. The number of aliphatic carboxylic acids is 1. The molecule has 1 aliphatic rings. The lowest BCUT2D eigenvalue weighted by Crippen LogP contribution is -2.37. The molecule has 7 heteroatoms. The van der Waals surface area contributed by atoms with Crippen molar-refractivity contribution in [3.8, 4) is 6.07 Å². The molecule has 6 nitrogen and oxygen atoms in total. The van der Waals surface area contributed by atoms with Gasteiger partial charge in [-0.05, 0) is 60.1 Å². The van der Waals surface area contributed by atoms with Crippen molar-refractivity contribution in [1.82, 2.24) is 4.72 Å². The lowest BCUT2D eigenvalue weighted by molar-refractivity contribution is -0.136. The maximum Gasteiger partial charge on any atom is 0.307 e. The van der Waals surface area contributed by atoms with Gasteiger partial charge in [-0.3, -0.25) is 4.79 Å². The number of sulfonamides is 1. The summed E-state index contributed by atoms with van der Waals surface area (Å²) in [7, 11) is -3.65. The van der Waals surface area contributed by atoms with Crippen LogP contribution in [0.15, 0.2) is 53.4 Å². The van der Waals surface area contributed by atoms with Crippen molar-refractivity contribution >= 4 is 16.0 Å². The van der Waals surface area contributed by atoms with Gasteiger partial charge in [-0.15, -0.1) is 0 Å². The van der Waals surface area contributed by atoms with Crippen LogP contribution in [0.4, 0.5) is 0 Å². The van der Waals surface area contributed by atoms with Crippen LogP contribution in [0.2, 0.25) is 0 Å². The Kier molecular flexibility index (Phi) is 6.36. The van der Waals surface area contributed by atoms with Crippen LogP contribution in [-0.4, -0.2) is 26.0 Å². The van der Waals surface area contributed by atoms with Gasteiger partial charge in [-0.25, -0.2) is 13.1 Å². The summed E-state index contributed by atoms with van der Waals surface area (Å²) < 4.78 is 28.1. The fourth-order valence-electron chi connectivity index (χ4n) is 3.96. The highest BCUT2D eigenvalue weighted by molar-refractivity contribution is 7.89. The molecule has 1 saturated carbocycles. The number of hydrogen-bond acceptors (Lipinski definition) is 4. The third kappa shape index (κ3) is 5.43. The molecule has 0 aromatic heterocycles. The van der Waals surface area contributed by atoms with Crippen LogP contribution in [0, 0.1) is 16.7 Å². The highest BCUT2D eigenvalue weighted by Crippen LogP contribution is 2.40. The Labute approximate surface area is 171 Å². The molecule has 1 fully saturated rings. The van der Waals surface area contributed by atoms with Crippen molar-refractivity contribution in [2.75, 3.05) is 6.54 Å². The van der Waals surface area contributed by atoms with Crippen molar-refractivity contribution < 1.29 is 18.3 Å². The van der Waals surface area contributed by atoms with Crippen molar-refractivity contribution in [2.45, 2.75) is 43.4 Å². The molecule has 1 aliphatic carbocycles. The minimum absolute atomic E-state index is 0.00415. The molecular weight excluding hydrogens is 388 g/mol. The Morgan fingerprint density at radius 3 is 2.17 bits per heavy atom. The topological polar surface area (TPSA) is 107 Å². The number of carboxylic acid groups (broad SMARTS) is 1. The summed E-state index contributed by atoms with van der Waals surface area (Å²) in [5.41, 5.74) is 2.11. The number of benzene rings is 2. The Morgan fingerprint density at radius 2 is 1.62 bits per heavy atom. The van der Waals surface area contributed by atoms with Crippen LogP contribution in [0.1, 0.15) is 42.4 Å². The number of nitrogens with one attached hydrogen (secondary N) is 1. The fraction of sp³-hybridized carbons (Fsp3) is 0.364. The monoisotopic (exact) mass is 412 g/mol. The smallest absolute Gasteiger partial charge is 0.307 e. The van der Waals surface area contributed by atoms with E-state index < -0.39 is 16.0 Å². The molecule has 2 N–H and O–H groups in total. The number of hydrogen-bond donors (Lipinski definition) is 2. The first-order valence-electron chi connectivity index (χ1n) is 9.61. The van der Waals surface area contributed by atoms with Crippen molar-refractivity contribution in [2.24, 2.45) is 5.41 Å². The molecule has 2 aromatic carbocycles. The van der Waals surface area contributed by atoms with Gasteiger partial charge >= 0.3 is 5.97 Å². The maximum atomic E-state index is 12.7. The number of nitriles is 1. The molecule has 3 rings (SSSR count). The standard InChI is InChI=1S/C22H24N2O4S/c23-15-19-7-9-20(10-8-19)29(27,28)24-16-22(11-1-2-12-22)14-18-5-3-17(4-6-18)13-21(25)26/h3-10,24H,1-2,11-14,16H2,(H,25,26). The van der Waals surface area contributed by atoms with Crippen LogP contribution in [0.25, 0.3) is 0 Å². The molecule has 0 saturated heterocycles.